The quantitative estimate of drug-likeness (QED) is 0.813. The van der Waals surface area contributed by atoms with E-state index in [9.17, 15) is 13.2 Å². The Morgan fingerprint density at radius 1 is 1.23 bits per heavy atom. The van der Waals surface area contributed by atoms with Gasteiger partial charge in [-0.1, -0.05) is 30.7 Å². The van der Waals surface area contributed by atoms with Gasteiger partial charge in [0.15, 0.2) is 0 Å². The van der Waals surface area contributed by atoms with Crippen molar-refractivity contribution in [1.29, 1.82) is 0 Å². The fourth-order valence-corrected chi connectivity index (χ4v) is 5.99. The van der Waals surface area contributed by atoms with Gasteiger partial charge in [-0.05, 0) is 43.0 Å². The first-order valence-corrected chi connectivity index (χ1v) is 11.1. The monoisotopic (exact) mass is 412 g/mol. The largest absolute Gasteiger partial charge is 0.347 e. The third kappa shape index (κ3) is 4.28. The van der Waals surface area contributed by atoms with Gasteiger partial charge in [0.1, 0.15) is 4.21 Å². The van der Waals surface area contributed by atoms with Crippen LogP contribution < -0.4 is 5.32 Å². The molecule has 2 heterocycles. The van der Waals surface area contributed by atoms with Crippen LogP contribution in [0.4, 0.5) is 0 Å². The zero-order valence-corrected chi connectivity index (χ0v) is 16.8. The molecule has 0 saturated carbocycles. The number of nitrogens with zero attached hydrogens (tertiary/aromatic N) is 1. The van der Waals surface area contributed by atoms with Crippen molar-refractivity contribution < 1.29 is 13.2 Å². The van der Waals surface area contributed by atoms with Gasteiger partial charge < -0.3 is 5.32 Å². The molecule has 1 amide bonds. The van der Waals surface area contributed by atoms with Gasteiger partial charge >= 0.3 is 0 Å². The van der Waals surface area contributed by atoms with Crippen LogP contribution in [0.3, 0.4) is 0 Å². The molecule has 2 aromatic rings. The van der Waals surface area contributed by atoms with Crippen molar-refractivity contribution in [2.45, 2.75) is 30.5 Å². The van der Waals surface area contributed by atoms with Crippen molar-refractivity contribution in [3.05, 3.63) is 51.9 Å². The number of thiophene rings is 1. The van der Waals surface area contributed by atoms with Crippen molar-refractivity contribution in [3.8, 4) is 0 Å². The van der Waals surface area contributed by atoms with Crippen LogP contribution in [0.5, 0.6) is 0 Å². The Balaban J connectivity index is 1.64. The molecule has 1 fully saturated rings. The SMILES string of the molecule is CC1CCN(S(=O)(=O)c2ccc(CNC(=O)c3ccccc3Cl)s2)CC1. The molecule has 0 aliphatic carbocycles. The smallest absolute Gasteiger partial charge is 0.253 e. The van der Waals surface area contributed by atoms with Gasteiger partial charge in [0.05, 0.1) is 17.1 Å². The molecule has 0 bridgehead atoms. The number of piperidine rings is 1. The first-order valence-electron chi connectivity index (χ1n) is 8.49. The summed E-state index contributed by atoms with van der Waals surface area (Å²) in [6.07, 6.45) is 1.79. The maximum absolute atomic E-state index is 12.7. The van der Waals surface area contributed by atoms with Crippen LogP contribution in [-0.4, -0.2) is 31.7 Å². The van der Waals surface area contributed by atoms with Crippen molar-refractivity contribution in [2.24, 2.45) is 5.92 Å². The molecular formula is C18H21ClN2O3S2. The minimum Gasteiger partial charge on any atom is -0.347 e. The van der Waals surface area contributed by atoms with Crippen LogP contribution in [0, 0.1) is 5.92 Å². The highest BCUT2D eigenvalue weighted by Crippen LogP contribution is 2.28. The fraction of sp³-hybridized carbons (Fsp3) is 0.389. The minimum absolute atomic E-state index is 0.265. The molecule has 1 aromatic heterocycles. The maximum atomic E-state index is 12.7. The van der Waals surface area contributed by atoms with E-state index in [1.807, 2.05) is 0 Å². The zero-order valence-electron chi connectivity index (χ0n) is 14.4. The Morgan fingerprint density at radius 3 is 2.62 bits per heavy atom. The van der Waals surface area contributed by atoms with E-state index in [0.29, 0.717) is 33.8 Å². The summed E-state index contributed by atoms with van der Waals surface area (Å²) in [5.41, 5.74) is 0.404. The second-order valence-corrected chi connectivity index (χ2v) is 10.2. The lowest BCUT2D eigenvalue weighted by Gasteiger charge is -2.28. The highest BCUT2D eigenvalue weighted by atomic mass is 35.5. The Kier molecular flexibility index (Phi) is 6.02. The van der Waals surface area contributed by atoms with E-state index >= 15 is 0 Å². The molecule has 0 radical (unpaired) electrons. The zero-order chi connectivity index (χ0) is 18.7. The number of sulfonamides is 1. The van der Waals surface area contributed by atoms with E-state index < -0.39 is 10.0 Å². The summed E-state index contributed by atoms with van der Waals surface area (Å²) in [4.78, 5) is 13.0. The minimum atomic E-state index is -3.44. The summed E-state index contributed by atoms with van der Waals surface area (Å²) in [5.74, 6) is 0.291. The molecule has 1 saturated heterocycles. The molecular weight excluding hydrogens is 392 g/mol. The Labute approximate surface area is 163 Å². The van der Waals surface area contributed by atoms with Crippen LogP contribution in [0.15, 0.2) is 40.6 Å². The first-order chi connectivity index (χ1) is 12.4. The van der Waals surface area contributed by atoms with E-state index in [1.54, 1.807) is 40.7 Å². The molecule has 1 aromatic carbocycles. The van der Waals surface area contributed by atoms with Gasteiger partial charge in [0.25, 0.3) is 15.9 Å². The number of hydrogen-bond acceptors (Lipinski definition) is 4. The van der Waals surface area contributed by atoms with Gasteiger partial charge in [-0.15, -0.1) is 11.3 Å². The lowest BCUT2D eigenvalue weighted by atomic mass is 10.0. The molecule has 26 heavy (non-hydrogen) atoms. The summed E-state index contributed by atoms with van der Waals surface area (Å²) in [6, 6.07) is 10.2. The highest BCUT2D eigenvalue weighted by Gasteiger charge is 2.29. The predicted molar refractivity (Wildman–Crippen MR) is 104 cm³/mol. The predicted octanol–water partition coefficient (Wildman–Crippen LogP) is 3.75. The second-order valence-electron chi connectivity index (χ2n) is 6.47. The summed E-state index contributed by atoms with van der Waals surface area (Å²) in [5, 5.41) is 3.17. The number of carbonyl (C=O) groups excluding carboxylic acids is 1. The molecule has 5 nitrogen and oxygen atoms in total. The molecule has 1 aliphatic rings. The number of carbonyl (C=O) groups is 1. The maximum Gasteiger partial charge on any atom is 0.253 e. The molecule has 8 heteroatoms. The third-order valence-corrected chi connectivity index (χ3v) is 8.30. The van der Waals surface area contributed by atoms with Gasteiger partial charge in [-0.3, -0.25) is 4.79 Å². The Morgan fingerprint density at radius 2 is 1.92 bits per heavy atom. The summed E-state index contributed by atoms with van der Waals surface area (Å²) in [6.45, 7) is 3.55. The van der Waals surface area contributed by atoms with E-state index in [4.69, 9.17) is 11.6 Å². The van der Waals surface area contributed by atoms with E-state index in [-0.39, 0.29) is 12.5 Å². The topological polar surface area (TPSA) is 66.5 Å². The molecule has 1 N–H and O–H groups in total. The van der Waals surface area contributed by atoms with E-state index in [2.05, 4.69) is 12.2 Å². The molecule has 140 valence electrons. The summed E-state index contributed by atoms with van der Waals surface area (Å²) < 4.78 is 27.4. The third-order valence-electron chi connectivity index (χ3n) is 4.52. The summed E-state index contributed by atoms with van der Waals surface area (Å²) in [7, 11) is -3.44. The number of rotatable bonds is 5. The molecule has 0 atom stereocenters. The van der Waals surface area contributed by atoms with Gasteiger partial charge in [-0.25, -0.2) is 8.42 Å². The molecule has 3 rings (SSSR count). The average molecular weight is 413 g/mol. The molecule has 0 spiro atoms. The Hall–Kier alpha value is -1.41. The first kappa shape index (κ1) is 19.4. The van der Waals surface area contributed by atoms with E-state index in [0.717, 1.165) is 17.7 Å². The Bertz CT molecular complexity index is 887. The van der Waals surface area contributed by atoms with Crippen LogP contribution in [0.25, 0.3) is 0 Å². The van der Waals surface area contributed by atoms with Gasteiger partial charge in [-0.2, -0.15) is 4.31 Å². The molecule has 1 aliphatic heterocycles. The van der Waals surface area contributed by atoms with Crippen molar-refractivity contribution >= 4 is 38.9 Å². The van der Waals surface area contributed by atoms with Crippen LogP contribution in [0.1, 0.15) is 35.0 Å². The summed E-state index contributed by atoms with van der Waals surface area (Å²) >= 11 is 7.22. The number of amides is 1. The highest BCUT2D eigenvalue weighted by molar-refractivity contribution is 7.91. The van der Waals surface area contributed by atoms with Crippen molar-refractivity contribution in [3.63, 3.8) is 0 Å². The lowest BCUT2D eigenvalue weighted by Crippen LogP contribution is -2.37. The van der Waals surface area contributed by atoms with Gasteiger partial charge in [0.2, 0.25) is 0 Å². The van der Waals surface area contributed by atoms with Crippen LogP contribution >= 0.6 is 22.9 Å². The number of halogens is 1. The number of benzene rings is 1. The number of nitrogens with one attached hydrogen (secondary N) is 1. The van der Waals surface area contributed by atoms with Crippen molar-refractivity contribution in [1.82, 2.24) is 9.62 Å². The second kappa shape index (κ2) is 8.08. The lowest BCUT2D eigenvalue weighted by molar-refractivity contribution is 0.0951. The standard InChI is InChI=1S/C18H21ClN2O3S2/c1-13-8-10-21(11-9-13)26(23,24)17-7-6-14(25-17)12-20-18(22)15-4-2-3-5-16(15)19/h2-7,13H,8-12H2,1H3,(H,20,22). The normalized spacial score (nSPS) is 16.5. The number of hydrogen-bond donors (Lipinski definition) is 1. The molecule has 0 unspecified atom stereocenters. The van der Waals surface area contributed by atoms with Crippen LogP contribution in [-0.2, 0) is 16.6 Å². The van der Waals surface area contributed by atoms with Crippen LogP contribution in [0.2, 0.25) is 5.02 Å². The average Bonchev–Trinajstić information content (AvgIpc) is 3.10. The van der Waals surface area contributed by atoms with Crippen molar-refractivity contribution in [2.75, 3.05) is 13.1 Å². The van der Waals surface area contributed by atoms with Gasteiger partial charge in [0, 0.05) is 18.0 Å². The van der Waals surface area contributed by atoms with E-state index in [1.165, 1.54) is 11.3 Å². The fourth-order valence-electron chi connectivity index (χ4n) is 2.85.